The molecule has 0 radical (unpaired) electrons. The van der Waals surface area contributed by atoms with Crippen molar-refractivity contribution in [1.29, 1.82) is 0 Å². The molecule has 0 unspecified atom stereocenters. The summed E-state index contributed by atoms with van der Waals surface area (Å²) < 4.78 is 24.8. The van der Waals surface area contributed by atoms with E-state index in [-0.39, 0.29) is 10.8 Å². The monoisotopic (exact) mass is 318 g/mol. The third kappa shape index (κ3) is 3.04. The van der Waals surface area contributed by atoms with Gasteiger partial charge in [0.15, 0.2) is 5.03 Å². The van der Waals surface area contributed by atoms with Crippen molar-refractivity contribution in [2.24, 2.45) is 0 Å². The zero-order valence-corrected chi connectivity index (χ0v) is 12.5. The van der Waals surface area contributed by atoms with Crippen LogP contribution in [0.5, 0.6) is 0 Å². The minimum atomic E-state index is -3.53. The van der Waals surface area contributed by atoms with E-state index in [0.29, 0.717) is 21.6 Å². The summed E-state index contributed by atoms with van der Waals surface area (Å²) in [7, 11) is -3.53. The van der Waals surface area contributed by atoms with Gasteiger partial charge in [0.25, 0.3) is 0 Å². The molecule has 0 fully saturated rings. The predicted octanol–water partition coefficient (Wildman–Crippen LogP) is 3.26. The normalized spacial score (nSPS) is 11.7. The van der Waals surface area contributed by atoms with E-state index in [1.54, 1.807) is 42.5 Å². The molecule has 2 aromatic carbocycles. The number of sulfone groups is 1. The lowest BCUT2D eigenvalue weighted by Crippen LogP contribution is -2.07. The van der Waals surface area contributed by atoms with Gasteiger partial charge in [-0.15, -0.1) is 0 Å². The quantitative estimate of drug-likeness (QED) is 0.743. The van der Waals surface area contributed by atoms with E-state index in [1.165, 1.54) is 6.20 Å². The van der Waals surface area contributed by atoms with Crippen LogP contribution in [0.3, 0.4) is 0 Å². The first-order valence-corrected chi connectivity index (χ1v) is 8.27. The van der Waals surface area contributed by atoms with E-state index in [4.69, 9.17) is 11.6 Å². The molecule has 3 aromatic rings. The average molecular weight is 319 g/mol. The van der Waals surface area contributed by atoms with Gasteiger partial charge in [-0.05, 0) is 23.8 Å². The Bertz CT molecular complexity index is 896. The Hall–Kier alpha value is -1.98. The van der Waals surface area contributed by atoms with Crippen LogP contribution in [0.1, 0.15) is 5.56 Å². The molecule has 4 nitrogen and oxygen atoms in total. The summed E-state index contributed by atoms with van der Waals surface area (Å²) in [6.07, 6.45) is 1.29. The molecule has 0 spiro atoms. The maximum absolute atomic E-state index is 12.4. The summed E-state index contributed by atoms with van der Waals surface area (Å²) in [6, 6.07) is 14.0. The number of halogens is 1. The smallest absolute Gasteiger partial charge is 0.201 e. The highest BCUT2D eigenvalue weighted by atomic mass is 35.5. The fourth-order valence-corrected chi connectivity index (χ4v) is 3.38. The Morgan fingerprint density at radius 1 is 1.00 bits per heavy atom. The van der Waals surface area contributed by atoms with Gasteiger partial charge in [0, 0.05) is 5.02 Å². The maximum atomic E-state index is 12.4. The summed E-state index contributed by atoms with van der Waals surface area (Å²) in [6.45, 7) is 0. The van der Waals surface area contributed by atoms with Gasteiger partial charge in [0.2, 0.25) is 9.84 Å². The van der Waals surface area contributed by atoms with Crippen LogP contribution in [0, 0.1) is 0 Å². The first kappa shape index (κ1) is 14.0. The zero-order chi connectivity index (χ0) is 14.9. The standard InChI is InChI=1S/C15H11ClN2O2S/c16-12-6-7-13-14(8-12)18-15(9-17-13)21(19,20)10-11-4-2-1-3-5-11/h1-9H,10H2. The number of nitrogens with zero attached hydrogens (tertiary/aromatic N) is 2. The molecule has 6 heteroatoms. The first-order chi connectivity index (χ1) is 10.0. The van der Waals surface area contributed by atoms with Crippen molar-refractivity contribution in [2.45, 2.75) is 10.8 Å². The Morgan fingerprint density at radius 3 is 2.52 bits per heavy atom. The van der Waals surface area contributed by atoms with E-state index >= 15 is 0 Å². The lowest BCUT2D eigenvalue weighted by atomic mass is 10.2. The van der Waals surface area contributed by atoms with Gasteiger partial charge < -0.3 is 0 Å². The van der Waals surface area contributed by atoms with Crippen LogP contribution < -0.4 is 0 Å². The largest absolute Gasteiger partial charge is 0.252 e. The summed E-state index contributed by atoms with van der Waals surface area (Å²) in [5, 5.41) is 0.454. The maximum Gasteiger partial charge on any atom is 0.201 e. The Balaban J connectivity index is 2.02. The highest BCUT2D eigenvalue weighted by Crippen LogP contribution is 2.19. The molecule has 1 aromatic heterocycles. The molecule has 0 amide bonds. The van der Waals surface area contributed by atoms with Crippen LogP contribution >= 0.6 is 11.6 Å². The Kier molecular flexibility index (Phi) is 3.61. The van der Waals surface area contributed by atoms with Crippen molar-refractivity contribution in [1.82, 2.24) is 9.97 Å². The minimum Gasteiger partial charge on any atom is -0.252 e. The van der Waals surface area contributed by atoms with Crippen LogP contribution in [0.4, 0.5) is 0 Å². The molecule has 0 bridgehead atoms. The van der Waals surface area contributed by atoms with Gasteiger partial charge in [-0.2, -0.15) is 0 Å². The molecule has 0 N–H and O–H groups in total. The fraction of sp³-hybridized carbons (Fsp3) is 0.0667. The lowest BCUT2D eigenvalue weighted by molar-refractivity contribution is 0.591. The second-order valence-corrected chi connectivity index (χ2v) is 6.96. The molecule has 1 heterocycles. The second kappa shape index (κ2) is 5.42. The van der Waals surface area contributed by atoms with E-state index in [9.17, 15) is 8.42 Å². The summed E-state index contributed by atoms with van der Waals surface area (Å²) in [5.41, 5.74) is 1.79. The molecule has 21 heavy (non-hydrogen) atoms. The number of aromatic nitrogens is 2. The fourth-order valence-electron chi connectivity index (χ4n) is 1.99. The van der Waals surface area contributed by atoms with Crippen LogP contribution in [0.15, 0.2) is 59.8 Å². The summed E-state index contributed by atoms with van der Waals surface area (Å²) in [4.78, 5) is 8.30. The first-order valence-electron chi connectivity index (χ1n) is 6.24. The highest BCUT2D eigenvalue weighted by Gasteiger charge is 2.18. The van der Waals surface area contributed by atoms with Crippen LogP contribution in [0.25, 0.3) is 11.0 Å². The van der Waals surface area contributed by atoms with Crippen LogP contribution in [-0.4, -0.2) is 18.4 Å². The number of hydrogen-bond acceptors (Lipinski definition) is 4. The van der Waals surface area contributed by atoms with Crippen molar-refractivity contribution in [3.05, 3.63) is 65.3 Å². The van der Waals surface area contributed by atoms with E-state index in [1.807, 2.05) is 6.07 Å². The average Bonchev–Trinajstić information content (AvgIpc) is 2.47. The van der Waals surface area contributed by atoms with Crippen LogP contribution in [-0.2, 0) is 15.6 Å². The third-order valence-corrected chi connectivity index (χ3v) is 4.78. The summed E-state index contributed by atoms with van der Waals surface area (Å²) in [5.74, 6) is -0.103. The zero-order valence-electron chi connectivity index (χ0n) is 10.9. The Morgan fingerprint density at radius 2 is 1.76 bits per heavy atom. The molecule has 0 aliphatic heterocycles. The minimum absolute atomic E-state index is 0.0406. The van der Waals surface area contributed by atoms with Crippen molar-refractivity contribution >= 4 is 32.5 Å². The number of rotatable bonds is 3. The van der Waals surface area contributed by atoms with Gasteiger partial charge in [-0.1, -0.05) is 41.9 Å². The molecular weight excluding hydrogens is 308 g/mol. The molecule has 0 aliphatic rings. The van der Waals surface area contributed by atoms with Gasteiger partial charge in [0.1, 0.15) is 0 Å². The van der Waals surface area contributed by atoms with E-state index in [2.05, 4.69) is 9.97 Å². The van der Waals surface area contributed by atoms with Crippen molar-refractivity contribution in [3.8, 4) is 0 Å². The van der Waals surface area contributed by atoms with Gasteiger partial charge >= 0.3 is 0 Å². The number of benzene rings is 2. The van der Waals surface area contributed by atoms with E-state index < -0.39 is 9.84 Å². The number of hydrogen-bond donors (Lipinski definition) is 0. The molecule has 0 saturated carbocycles. The van der Waals surface area contributed by atoms with Gasteiger partial charge in [0.05, 0.1) is 23.0 Å². The third-order valence-electron chi connectivity index (χ3n) is 3.00. The highest BCUT2D eigenvalue weighted by molar-refractivity contribution is 7.90. The molecule has 0 atom stereocenters. The van der Waals surface area contributed by atoms with Crippen molar-refractivity contribution in [2.75, 3.05) is 0 Å². The van der Waals surface area contributed by atoms with Crippen molar-refractivity contribution in [3.63, 3.8) is 0 Å². The van der Waals surface area contributed by atoms with Crippen LogP contribution in [0.2, 0.25) is 5.02 Å². The molecule has 3 rings (SSSR count). The Labute approximate surface area is 127 Å². The van der Waals surface area contributed by atoms with Gasteiger partial charge in [-0.3, -0.25) is 4.98 Å². The molecule has 106 valence electrons. The van der Waals surface area contributed by atoms with Gasteiger partial charge in [-0.25, -0.2) is 13.4 Å². The summed E-state index contributed by atoms with van der Waals surface area (Å²) >= 11 is 5.90. The molecule has 0 saturated heterocycles. The lowest BCUT2D eigenvalue weighted by Gasteiger charge is -2.05. The second-order valence-electron chi connectivity index (χ2n) is 4.59. The molecular formula is C15H11ClN2O2S. The molecule has 0 aliphatic carbocycles. The topological polar surface area (TPSA) is 59.9 Å². The predicted molar refractivity (Wildman–Crippen MR) is 81.9 cm³/mol. The SMILES string of the molecule is O=S(=O)(Cc1ccccc1)c1cnc2ccc(Cl)cc2n1. The van der Waals surface area contributed by atoms with E-state index in [0.717, 1.165) is 0 Å². The number of fused-ring (bicyclic) bond motifs is 1. The van der Waals surface area contributed by atoms with Crippen molar-refractivity contribution < 1.29 is 8.42 Å².